The van der Waals surface area contributed by atoms with E-state index in [1.807, 2.05) is 32.0 Å². The second-order valence-corrected chi connectivity index (χ2v) is 5.28. The fraction of sp³-hybridized carbons (Fsp3) is 0.278. The van der Waals surface area contributed by atoms with Gasteiger partial charge in [0.1, 0.15) is 0 Å². The van der Waals surface area contributed by atoms with Gasteiger partial charge in [0.15, 0.2) is 11.5 Å². The molecule has 0 atom stereocenters. The van der Waals surface area contributed by atoms with Crippen LogP contribution in [0.25, 0.3) is 0 Å². The quantitative estimate of drug-likeness (QED) is 0.831. The molecule has 1 N–H and O–H groups in total. The van der Waals surface area contributed by atoms with Crippen molar-refractivity contribution in [2.75, 3.05) is 13.2 Å². The fourth-order valence-electron chi connectivity index (χ4n) is 2.12. The molecule has 0 aromatic heterocycles. The Morgan fingerprint density at radius 1 is 1.04 bits per heavy atom. The molecule has 0 aliphatic carbocycles. The summed E-state index contributed by atoms with van der Waals surface area (Å²) >= 11 is 5.90. The molecule has 5 heteroatoms. The second-order valence-electron chi connectivity index (χ2n) is 4.84. The number of rotatable bonds is 7. The summed E-state index contributed by atoms with van der Waals surface area (Å²) in [5.41, 5.74) is 1.47. The molecule has 0 saturated heterocycles. The molecule has 0 spiro atoms. The number of carbonyl (C=O) groups is 1. The molecule has 23 heavy (non-hydrogen) atoms. The van der Waals surface area contributed by atoms with Crippen LogP contribution in [-0.4, -0.2) is 19.1 Å². The minimum Gasteiger partial charge on any atom is -0.490 e. The minimum atomic E-state index is -0.167. The highest BCUT2D eigenvalue weighted by Crippen LogP contribution is 2.28. The largest absolute Gasteiger partial charge is 0.490 e. The number of benzene rings is 2. The number of hydrogen-bond acceptors (Lipinski definition) is 3. The highest BCUT2D eigenvalue weighted by atomic mass is 35.5. The van der Waals surface area contributed by atoms with Gasteiger partial charge in [-0.2, -0.15) is 0 Å². The Bertz CT molecular complexity index is 673. The van der Waals surface area contributed by atoms with Gasteiger partial charge in [0.2, 0.25) is 0 Å². The molecule has 2 rings (SSSR count). The minimum absolute atomic E-state index is 0.167. The van der Waals surface area contributed by atoms with Crippen molar-refractivity contribution in [3.63, 3.8) is 0 Å². The Morgan fingerprint density at radius 3 is 2.48 bits per heavy atom. The fourth-order valence-corrected chi connectivity index (χ4v) is 2.31. The molecule has 0 fully saturated rings. The van der Waals surface area contributed by atoms with E-state index in [0.29, 0.717) is 41.8 Å². The van der Waals surface area contributed by atoms with E-state index in [2.05, 4.69) is 5.32 Å². The number of halogens is 1. The highest BCUT2D eigenvalue weighted by Gasteiger charge is 2.09. The predicted octanol–water partition coefficient (Wildman–Crippen LogP) is 4.07. The first-order chi connectivity index (χ1) is 11.1. The van der Waals surface area contributed by atoms with E-state index >= 15 is 0 Å². The summed E-state index contributed by atoms with van der Waals surface area (Å²) in [4.78, 5) is 12.1. The molecule has 4 nitrogen and oxygen atoms in total. The van der Waals surface area contributed by atoms with E-state index in [9.17, 15) is 4.79 Å². The zero-order valence-electron chi connectivity index (χ0n) is 13.3. The van der Waals surface area contributed by atoms with Gasteiger partial charge in [-0.05, 0) is 49.7 Å². The van der Waals surface area contributed by atoms with Crippen molar-refractivity contribution in [2.24, 2.45) is 0 Å². The van der Waals surface area contributed by atoms with E-state index in [-0.39, 0.29) is 5.91 Å². The van der Waals surface area contributed by atoms with Crippen molar-refractivity contribution >= 4 is 17.5 Å². The predicted molar refractivity (Wildman–Crippen MR) is 91.4 cm³/mol. The normalized spacial score (nSPS) is 10.2. The van der Waals surface area contributed by atoms with E-state index in [1.165, 1.54) is 0 Å². The van der Waals surface area contributed by atoms with Crippen LogP contribution in [0.1, 0.15) is 29.8 Å². The zero-order valence-corrected chi connectivity index (χ0v) is 14.0. The summed E-state index contributed by atoms with van der Waals surface area (Å²) in [6.07, 6.45) is 0. The van der Waals surface area contributed by atoms with Crippen LogP contribution in [0.15, 0.2) is 42.5 Å². The van der Waals surface area contributed by atoms with Crippen LogP contribution < -0.4 is 14.8 Å². The maximum atomic E-state index is 12.1. The summed E-state index contributed by atoms with van der Waals surface area (Å²) in [7, 11) is 0. The van der Waals surface area contributed by atoms with Gasteiger partial charge in [-0.25, -0.2) is 0 Å². The summed E-state index contributed by atoms with van der Waals surface area (Å²) in [5, 5.41) is 3.41. The number of carbonyl (C=O) groups excluding carboxylic acids is 1. The lowest BCUT2D eigenvalue weighted by atomic mass is 10.1. The number of nitrogens with one attached hydrogen (secondary N) is 1. The highest BCUT2D eigenvalue weighted by molar-refractivity contribution is 6.30. The molecule has 0 unspecified atom stereocenters. The van der Waals surface area contributed by atoms with Gasteiger partial charge < -0.3 is 14.8 Å². The Balaban J connectivity index is 2.05. The molecular weight excluding hydrogens is 314 g/mol. The monoisotopic (exact) mass is 333 g/mol. The van der Waals surface area contributed by atoms with Crippen molar-refractivity contribution < 1.29 is 14.3 Å². The van der Waals surface area contributed by atoms with Gasteiger partial charge in [-0.1, -0.05) is 23.7 Å². The van der Waals surface area contributed by atoms with Gasteiger partial charge in [-0.15, -0.1) is 0 Å². The lowest BCUT2D eigenvalue weighted by Crippen LogP contribution is -2.22. The SMILES string of the molecule is CCOc1ccc(CNC(=O)c2cccc(Cl)c2)cc1OCC. The van der Waals surface area contributed by atoms with E-state index in [4.69, 9.17) is 21.1 Å². The third-order valence-corrected chi connectivity index (χ3v) is 3.38. The Morgan fingerprint density at radius 2 is 1.78 bits per heavy atom. The Labute approximate surface area is 141 Å². The van der Waals surface area contributed by atoms with Crippen molar-refractivity contribution in [2.45, 2.75) is 20.4 Å². The lowest BCUT2D eigenvalue weighted by Gasteiger charge is -2.13. The van der Waals surface area contributed by atoms with Crippen LogP contribution in [0.3, 0.4) is 0 Å². The first kappa shape index (κ1) is 17.2. The van der Waals surface area contributed by atoms with Crippen molar-refractivity contribution in [3.8, 4) is 11.5 Å². The molecule has 2 aromatic carbocycles. The summed E-state index contributed by atoms with van der Waals surface area (Å²) in [5.74, 6) is 1.22. The zero-order chi connectivity index (χ0) is 16.7. The maximum absolute atomic E-state index is 12.1. The molecule has 0 heterocycles. The maximum Gasteiger partial charge on any atom is 0.251 e. The standard InChI is InChI=1S/C18H20ClNO3/c1-3-22-16-9-8-13(10-17(16)23-4-2)12-20-18(21)14-6-5-7-15(19)11-14/h5-11H,3-4,12H2,1-2H3,(H,20,21). The summed E-state index contributed by atoms with van der Waals surface area (Å²) in [6, 6.07) is 12.5. The molecule has 0 radical (unpaired) electrons. The first-order valence-electron chi connectivity index (χ1n) is 7.56. The molecular formula is C18H20ClNO3. The molecule has 2 aromatic rings. The van der Waals surface area contributed by atoms with Crippen LogP contribution in [0.4, 0.5) is 0 Å². The molecule has 1 amide bonds. The Kier molecular flexibility index (Phi) is 6.29. The van der Waals surface area contributed by atoms with E-state index in [1.54, 1.807) is 24.3 Å². The van der Waals surface area contributed by atoms with Crippen molar-refractivity contribution in [1.29, 1.82) is 0 Å². The third-order valence-electron chi connectivity index (χ3n) is 3.15. The van der Waals surface area contributed by atoms with Crippen molar-refractivity contribution in [3.05, 3.63) is 58.6 Å². The summed E-state index contributed by atoms with van der Waals surface area (Å²) in [6.45, 7) is 5.37. The van der Waals surface area contributed by atoms with Gasteiger partial charge in [-0.3, -0.25) is 4.79 Å². The lowest BCUT2D eigenvalue weighted by molar-refractivity contribution is 0.0951. The van der Waals surface area contributed by atoms with Crippen LogP contribution in [0, 0.1) is 0 Å². The van der Waals surface area contributed by atoms with Crippen LogP contribution in [-0.2, 0) is 6.54 Å². The van der Waals surface area contributed by atoms with Crippen LogP contribution in [0.5, 0.6) is 11.5 Å². The van der Waals surface area contributed by atoms with Gasteiger partial charge >= 0.3 is 0 Å². The molecule has 0 aliphatic heterocycles. The van der Waals surface area contributed by atoms with Gasteiger partial charge in [0, 0.05) is 17.1 Å². The average molecular weight is 334 g/mol. The number of hydrogen-bond donors (Lipinski definition) is 1. The smallest absolute Gasteiger partial charge is 0.251 e. The average Bonchev–Trinajstić information content (AvgIpc) is 2.55. The van der Waals surface area contributed by atoms with E-state index in [0.717, 1.165) is 5.56 Å². The van der Waals surface area contributed by atoms with Gasteiger partial charge in [0.05, 0.1) is 13.2 Å². The molecule has 0 aliphatic rings. The Hall–Kier alpha value is -2.20. The van der Waals surface area contributed by atoms with Crippen LogP contribution in [0.2, 0.25) is 5.02 Å². The molecule has 0 saturated carbocycles. The number of amides is 1. The molecule has 122 valence electrons. The topological polar surface area (TPSA) is 47.6 Å². The summed E-state index contributed by atoms with van der Waals surface area (Å²) < 4.78 is 11.1. The first-order valence-corrected chi connectivity index (χ1v) is 7.94. The number of ether oxygens (including phenoxy) is 2. The van der Waals surface area contributed by atoms with Crippen molar-refractivity contribution in [1.82, 2.24) is 5.32 Å². The third kappa shape index (κ3) is 4.89. The van der Waals surface area contributed by atoms with E-state index < -0.39 is 0 Å². The molecule has 0 bridgehead atoms. The van der Waals surface area contributed by atoms with Gasteiger partial charge in [0.25, 0.3) is 5.91 Å². The van der Waals surface area contributed by atoms with Crippen LogP contribution >= 0.6 is 11.6 Å². The second kappa shape index (κ2) is 8.44.